The van der Waals surface area contributed by atoms with E-state index in [2.05, 4.69) is 9.38 Å². The molecule has 1 unspecified atom stereocenters. The van der Waals surface area contributed by atoms with Gasteiger partial charge in [-0.15, -0.1) is 4.28 Å². The lowest BCUT2D eigenvalue weighted by molar-refractivity contribution is -0.0183. The number of urea groups is 1. The molecular weight excluding hydrogens is 304 g/mol. The average Bonchev–Trinajstić information content (AvgIpc) is 2.97. The van der Waals surface area contributed by atoms with Crippen LogP contribution < -0.4 is 0 Å². The second kappa shape index (κ2) is 4.80. The molecule has 3 heterocycles. The van der Waals surface area contributed by atoms with E-state index in [4.69, 9.17) is 9.66 Å². The summed E-state index contributed by atoms with van der Waals surface area (Å²) in [4.78, 5) is 13.3. The molecule has 1 saturated heterocycles. The largest absolute Gasteiger partial charge is 0.418 e. The molecule has 114 valence electrons. The Morgan fingerprint density at radius 1 is 1.48 bits per heavy atom. The van der Waals surface area contributed by atoms with Crippen LogP contribution in [-0.2, 0) is 21.3 Å². The standard InChI is InChI=1S/C10H12N4O6S/c15-6-7-2-11-13(3-7)8-1-9-5-12(4-8)10(16)14(9)20-21(17,18)19/h1-3,9,15H,4-6H2,(H,17,18,19). The van der Waals surface area contributed by atoms with E-state index in [1.165, 1.54) is 15.8 Å². The van der Waals surface area contributed by atoms with Crippen molar-refractivity contribution in [3.05, 3.63) is 24.0 Å². The van der Waals surface area contributed by atoms with Crippen molar-refractivity contribution in [2.45, 2.75) is 12.6 Å². The molecule has 2 N–H and O–H groups in total. The lowest BCUT2D eigenvalue weighted by Crippen LogP contribution is -2.35. The van der Waals surface area contributed by atoms with Crippen molar-refractivity contribution < 1.29 is 27.2 Å². The molecule has 2 bridgehead atoms. The number of aliphatic hydroxyl groups is 1. The molecular formula is C10H12N4O6S. The summed E-state index contributed by atoms with van der Waals surface area (Å²) < 4.78 is 36.0. The Kier molecular flexibility index (Phi) is 3.20. The molecule has 3 rings (SSSR count). The number of hydrogen-bond donors (Lipinski definition) is 2. The SMILES string of the molecule is O=C1N2CC(n3cc(CO)cn3)=CC(C2)N1OS(=O)(=O)O. The van der Waals surface area contributed by atoms with E-state index in [1.54, 1.807) is 12.3 Å². The molecule has 2 aliphatic rings. The average molecular weight is 316 g/mol. The fourth-order valence-corrected chi connectivity index (χ4v) is 2.70. The molecule has 10 nitrogen and oxygen atoms in total. The molecule has 0 radical (unpaired) electrons. The Morgan fingerprint density at radius 2 is 2.24 bits per heavy atom. The summed E-state index contributed by atoms with van der Waals surface area (Å²) in [6.07, 6.45) is 4.72. The summed E-state index contributed by atoms with van der Waals surface area (Å²) in [6, 6.07) is -1.30. The Labute approximate surface area is 119 Å². The number of carbonyl (C=O) groups is 1. The third kappa shape index (κ3) is 2.63. The predicted molar refractivity (Wildman–Crippen MR) is 67.7 cm³/mol. The van der Waals surface area contributed by atoms with Gasteiger partial charge in [-0.05, 0) is 6.08 Å². The Morgan fingerprint density at radius 3 is 2.86 bits per heavy atom. The maximum atomic E-state index is 12.0. The van der Waals surface area contributed by atoms with Crippen LogP contribution in [0.25, 0.3) is 5.70 Å². The van der Waals surface area contributed by atoms with Gasteiger partial charge in [0.15, 0.2) is 0 Å². The zero-order valence-electron chi connectivity index (χ0n) is 10.7. The number of fused-ring (bicyclic) bond motifs is 2. The zero-order valence-corrected chi connectivity index (χ0v) is 11.5. The van der Waals surface area contributed by atoms with Crippen LogP contribution in [0.3, 0.4) is 0 Å². The molecule has 21 heavy (non-hydrogen) atoms. The van der Waals surface area contributed by atoms with Crippen LogP contribution in [0.5, 0.6) is 0 Å². The predicted octanol–water partition coefficient (Wildman–Crippen LogP) is -0.929. The van der Waals surface area contributed by atoms with E-state index >= 15 is 0 Å². The van der Waals surface area contributed by atoms with Crippen LogP contribution >= 0.6 is 0 Å². The van der Waals surface area contributed by atoms with Gasteiger partial charge in [-0.2, -0.15) is 18.6 Å². The minimum Gasteiger partial charge on any atom is -0.392 e. The quantitative estimate of drug-likeness (QED) is 0.687. The first-order valence-electron chi connectivity index (χ1n) is 5.98. The summed E-state index contributed by atoms with van der Waals surface area (Å²) in [7, 11) is -4.77. The van der Waals surface area contributed by atoms with Gasteiger partial charge in [0, 0.05) is 18.3 Å². The first-order valence-corrected chi connectivity index (χ1v) is 7.34. The smallest absolute Gasteiger partial charge is 0.392 e. The van der Waals surface area contributed by atoms with Gasteiger partial charge in [-0.25, -0.2) is 9.48 Å². The Bertz CT molecular complexity index is 711. The normalized spacial score (nSPS) is 21.9. The van der Waals surface area contributed by atoms with E-state index in [0.29, 0.717) is 16.3 Å². The highest BCUT2D eigenvalue weighted by Gasteiger charge is 2.43. The molecule has 2 amide bonds. The lowest BCUT2D eigenvalue weighted by Gasteiger charge is -2.20. The fraction of sp³-hybridized carbons (Fsp3) is 0.400. The van der Waals surface area contributed by atoms with E-state index < -0.39 is 22.5 Å². The topological polar surface area (TPSA) is 125 Å². The molecule has 1 fully saturated rings. The van der Waals surface area contributed by atoms with E-state index in [-0.39, 0.29) is 19.7 Å². The van der Waals surface area contributed by atoms with Gasteiger partial charge in [-0.3, -0.25) is 4.55 Å². The minimum absolute atomic E-state index is 0.155. The summed E-state index contributed by atoms with van der Waals surface area (Å²) in [5.74, 6) is 0. The molecule has 1 aromatic rings. The van der Waals surface area contributed by atoms with Crippen molar-refractivity contribution in [2.24, 2.45) is 0 Å². The molecule has 0 spiro atoms. The van der Waals surface area contributed by atoms with Crippen molar-refractivity contribution in [1.82, 2.24) is 19.7 Å². The minimum atomic E-state index is -4.77. The third-order valence-electron chi connectivity index (χ3n) is 3.19. The van der Waals surface area contributed by atoms with Gasteiger partial charge in [0.25, 0.3) is 0 Å². The maximum absolute atomic E-state index is 12.0. The van der Waals surface area contributed by atoms with Gasteiger partial charge in [0.05, 0.1) is 25.0 Å². The highest BCUT2D eigenvalue weighted by Crippen LogP contribution is 2.27. The van der Waals surface area contributed by atoms with Crippen LogP contribution in [0, 0.1) is 0 Å². The molecule has 0 aliphatic carbocycles. The number of aliphatic hydroxyl groups excluding tert-OH is 1. The van der Waals surface area contributed by atoms with Crippen molar-refractivity contribution in [3.8, 4) is 0 Å². The first kappa shape index (κ1) is 14.0. The molecule has 2 aliphatic heterocycles. The number of aromatic nitrogens is 2. The van der Waals surface area contributed by atoms with Gasteiger partial charge in [-0.1, -0.05) is 0 Å². The van der Waals surface area contributed by atoms with Crippen LogP contribution in [0.15, 0.2) is 18.5 Å². The van der Waals surface area contributed by atoms with Crippen LogP contribution in [0.2, 0.25) is 0 Å². The monoisotopic (exact) mass is 316 g/mol. The number of hydroxylamine groups is 2. The van der Waals surface area contributed by atoms with E-state index in [9.17, 15) is 13.2 Å². The lowest BCUT2D eigenvalue weighted by atomic mass is 10.2. The fourth-order valence-electron chi connectivity index (χ4n) is 2.32. The summed E-state index contributed by atoms with van der Waals surface area (Å²) in [6.45, 7) is 0.316. The van der Waals surface area contributed by atoms with Gasteiger partial charge in [0.2, 0.25) is 0 Å². The number of nitrogens with zero attached hydrogens (tertiary/aromatic N) is 4. The Balaban J connectivity index is 1.88. The van der Waals surface area contributed by atoms with Crippen molar-refractivity contribution >= 4 is 22.1 Å². The third-order valence-corrected chi connectivity index (χ3v) is 3.54. The van der Waals surface area contributed by atoms with Gasteiger partial charge >= 0.3 is 16.4 Å². The summed E-state index contributed by atoms with van der Waals surface area (Å²) >= 11 is 0. The van der Waals surface area contributed by atoms with Crippen LogP contribution in [0.1, 0.15) is 5.56 Å². The summed E-state index contributed by atoms with van der Waals surface area (Å²) in [5, 5.41) is 13.7. The number of amides is 2. The second-order valence-electron chi connectivity index (χ2n) is 4.67. The number of rotatable bonds is 4. The molecule has 0 saturated carbocycles. The Hall–Kier alpha value is -1.95. The highest BCUT2D eigenvalue weighted by molar-refractivity contribution is 7.80. The first-order chi connectivity index (χ1) is 9.87. The molecule has 1 aromatic heterocycles. The summed E-state index contributed by atoms with van der Waals surface area (Å²) in [5.41, 5.74) is 1.25. The van der Waals surface area contributed by atoms with Crippen LogP contribution in [-0.4, -0.2) is 63.0 Å². The highest BCUT2D eigenvalue weighted by atomic mass is 32.3. The number of carbonyl (C=O) groups excluding carboxylic acids is 1. The van der Waals surface area contributed by atoms with E-state index in [1.807, 2.05) is 0 Å². The molecule has 11 heteroatoms. The van der Waals surface area contributed by atoms with E-state index in [0.717, 1.165) is 0 Å². The van der Waals surface area contributed by atoms with Crippen molar-refractivity contribution in [2.75, 3.05) is 13.1 Å². The van der Waals surface area contributed by atoms with Crippen LogP contribution in [0.4, 0.5) is 4.79 Å². The number of hydrogen-bond acceptors (Lipinski definition) is 6. The molecule has 0 aromatic carbocycles. The maximum Gasteiger partial charge on any atom is 0.418 e. The van der Waals surface area contributed by atoms with Crippen molar-refractivity contribution in [1.29, 1.82) is 0 Å². The van der Waals surface area contributed by atoms with Gasteiger partial charge in [0.1, 0.15) is 6.04 Å². The van der Waals surface area contributed by atoms with Crippen molar-refractivity contribution in [3.63, 3.8) is 0 Å². The zero-order chi connectivity index (χ0) is 15.2. The second-order valence-corrected chi connectivity index (χ2v) is 5.67. The van der Waals surface area contributed by atoms with Gasteiger partial charge < -0.3 is 10.0 Å². The molecule has 1 atom stereocenters.